The minimum Gasteiger partial charge on any atom is -0.493 e. The molecule has 0 aliphatic heterocycles. The van der Waals surface area contributed by atoms with Gasteiger partial charge in [0.2, 0.25) is 5.89 Å². The van der Waals surface area contributed by atoms with E-state index in [-0.39, 0.29) is 12.5 Å². The van der Waals surface area contributed by atoms with E-state index in [4.69, 9.17) is 25.5 Å². The molecule has 6 nitrogen and oxygen atoms in total. The van der Waals surface area contributed by atoms with Gasteiger partial charge in [-0.05, 0) is 36.4 Å². The maximum atomic E-state index is 12.3. The molecular weight excluding hydrogens is 392 g/mol. The Kier molecular flexibility index (Phi) is 5.35. The molecule has 7 heteroatoms. The Labute approximate surface area is 172 Å². The van der Waals surface area contributed by atoms with E-state index in [0.29, 0.717) is 44.8 Å². The van der Waals surface area contributed by atoms with Gasteiger partial charge in [0.1, 0.15) is 5.52 Å². The van der Waals surface area contributed by atoms with E-state index in [2.05, 4.69) is 10.3 Å². The highest BCUT2D eigenvalue weighted by Crippen LogP contribution is 2.31. The number of fused-ring (bicyclic) bond motifs is 1. The van der Waals surface area contributed by atoms with E-state index < -0.39 is 0 Å². The van der Waals surface area contributed by atoms with Crippen LogP contribution in [0, 0.1) is 0 Å². The number of nitrogens with one attached hydrogen (secondary N) is 1. The number of halogens is 1. The number of anilines is 1. The van der Waals surface area contributed by atoms with E-state index in [1.807, 2.05) is 30.3 Å². The summed E-state index contributed by atoms with van der Waals surface area (Å²) < 4.78 is 16.6. The van der Waals surface area contributed by atoms with Crippen molar-refractivity contribution in [2.75, 3.05) is 19.0 Å². The van der Waals surface area contributed by atoms with Gasteiger partial charge in [-0.25, -0.2) is 4.98 Å². The fraction of sp³-hybridized carbons (Fsp3) is 0.0909. The number of benzene rings is 3. The van der Waals surface area contributed by atoms with Crippen LogP contribution >= 0.6 is 11.6 Å². The molecule has 29 heavy (non-hydrogen) atoms. The maximum Gasteiger partial charge on any atom is 0.262 e. The molecule has 0 fully saturated rings. The lowest BCUT2D eigenvalue weighted by molar-refractivity contribution is -0.118. The summed E-state index contributed by atoms with van der Waals surface area (Å²) in [7, 11) is 1.55. The fourth-order valence-corrected chi connectivity index (χ4v) is 3.05. The van der Waals surface area contributed by atoms with Crippen molar-refractivity contribution >= 4 is 34.3 Å². The standard InChI is InChI=1S/C22H17ClN2O4/c1-27-18-8-4-5-9-19(18)28-13-21(26)24-14-10-11-17-20(12-14)29-22(25-17)15-6-2-3-7-16(15)23/h2-12H,13H2,1H3,(H,24,26). The lowest BCUT2D eigenvalue weighted by Gasteiger charge is -2.10. The highest BCUT2D eigenvalue weighted by molar-refractivity contribution is 6.33. The second-order valence-corrected chi connectivity index (χ2v) is 6.58. The first kappa shape index (κ1) is 18.8. The number of nitrogens with zero attached hydrogens (tertiary/aromatic N) is 1. The lowest BCUT2D eigenvalue weighted by Crippen LogP contribution is -2.20. The molecule has 0 atom stereocenters. The summed E-state index contributed by atoms with van der Waals surface area (Å²) in [6.45, 7) is -0.153. The molecule has 0 saturated carbocycles. The van der Waals surface area contributed by atoms with Crippen LogP contribution in [0.4, 0.5) is 5.69 Å². The Hall–Kier alpha value is -3.51. The normalized spacial score (nSPS) is 10.7. The fourth-order valence-electron chi connectivity index (χ4n) is 2.83. The number of hydrogen-bond donors (Lipinski definition) is 1. The largest absolute Gasteiger partial charge is 0.493 e. The summed E-state index contributed by atoms with van der Waals surface area (Å²) in [4.78, 5) is 16.7. The van der Waals surface area contributed by atoms with Crippen LogP contribution in [-0.4, -0.2) is 24.6 Å². The van der Waals surface area contributed by atoms with E-state index >= 15 is 0 Å². The lowest BCUT2D eigenvalue weighted by atomic mass is 10.2. The molecule has 0 spiro atoms. The van der Waals surface area contributed by atoms with Crippen LogP contribution < -0.4 is 14.8 Å². The van der Waals surface area contributed by atoms with E-state index in [1.54, 1.807) is 43.5 Å². The number of carbonyl (C=O) groups is 1. The second-order valence-electron chi connectivity index (χ2n) is 6.17. The van der Waals surface area contributed by atoms with Gasteiger partial charge in [0.05, 0.1) is 17.7 Å². The Morgan fingerprint density at radius 2 is 1.83 bits per heavy atom. The number of amides is 1. The second kappa shape index (κ2) is 8.24. The highest BCUT2D eigenvalue weighted by Gasteiger charge is 2.13. The molecule has 1 aromatic heterocycles. The number of aromatic nitrogens is 1. The number of ether oxygens (including phenoxy) is 2. The van der Waals surface area contributed by atoms with Crippen LogP contribution in [-0.2, 0) is 4.79 Å². The third kappa shape index (κ3) is 4.17. The van der Waals surface area contributed by atoms with Gasteiger partial charge < -0.3 is 19.2 Å². The summed E-state index contributed by atoms with van der Waals surface area (Å²) in [6.07, 6.45) is 0. The molecule has 0 aliphatic carbocycles. The summed E-state index contributed by atoms with van der Waals surface area (Å²) in [5, 5.41) is 3.34. The number of oxazole rings is 1. The summed E-state index contributed by atoms with van der Waals surface area (Å²) in [5.74, 6) is 1.19. The van der Waals surface area contributed by atoms with Crippen molar-refractivity contribution in [3.63, 3.8) is 0 Å². The molecular formula is C22H17ClN2O4. The zero-order valence-electron chi connectivity index (χ0n) is 15.5. The van der Waals surface area contributed by atoms with Crippen LogP contribution in [0.25, 0.3) is 22.6 Å². The van der Waals surface area contributed by atoms with Crippen molar-refractivity contribution in [1.82, 2.24) is 4.98 Å². The quantitative estimate of drug-likeness (QED) is 0.476. The topological polar surface area (TPSA) is 73.6 Å². The Morgan fingerprint density at radius 3 is 2.62 bits per heavy atom. The van der Waals surface area contributed by atoms with Crippen molar-refractivity contribution in [3.05, 3.63) is 71.8 Å². The van der Waals surface area contributed by atoms with Crippen molar-refractivity contribution in [1.29, 1.82) is 0 Å². The number of carbonyl (C=O) groups excluding carboxylic acids is 1. The molecule has 146 valence electrons. The predicted molar refractivity (Wildman–Crippen MR) is 112 cm³/mol. The van der Waals surface area contributed by atoms with Crippen molar-refractivity contribution in [2.45, 2.75) is 0 Å². The van der Waals surface area contributed by atoms with Gasteiger partial charge in [-0.15, -0.1) is 0 Å². The molecule has 4 aromatic rings. The van der Waals surface area contributed by atoms with E-state index in [1.165, 1.54) is 0 Å². The van der Waals surface area contributed by atoms with Gasteiger partial charge in [-0.3, -0.25) is 4.79 Å². The first-order chi connectivity index (χ1) is 14.1. The van der Waals surface area contributed by atoms with Crippen LogP contribution in [0.1, 0.15) is 0 Å². The molecule has 3 aromatic carbocycles. The molecule has 1 heterocycles. The number of hydrogen-bond acceptors (Lipinski definition) is 5. The van der Waals surface area contributed by atoms with Gasteiger partial charge in [-0.2, -0.15) is 0 Å². The molecule has 0 unspecified atom stereocenters. The molecule has 0 saturated heterocycles. The molecule has 1 amide bonds. The average molecular weight is 409 g/mol. The summed E-state index contributed by atoms with van der Waals surface area (Å²) >= 11 is 6.21. The van der Waals surface area contributed by atoms with E-state index in [0.717, 1.165) is 0 Å². The smallest absolute Gasteiger partial charge is 0.262 e. The van der Waals surface area contributed by atoms with Gasteiger partial charge in [-0.1, -0.05) is 35.9 Å². The zero-order chi connectivity index (χ0) is 20.2. The Morgan fingerprint density at radius 1 is 1.07 bits per heavy atom. The predicted octanol–water partition coefficient (Wildman–Crippen LogP) is 5.17. The average Bonchev–Trinajstić information content (AvgIpc) is 3.16. The van der Waals surface area contributed by atoms with Crippen LogP contribution in [0.3, 0.4) is 0 Å². The highest BCUT2D eigenvalue weighted by atomic mass is 35.5. The van der Waals surface area contributed by atoms with E-state index in [9.17, 15) is 4.79 Å². The minimum atomic E-state index is -0.305. The Bertz CT molecular complexity index is 1170. The van der Waals surface area contributed by atoms with Gasteiger partial charge in [0.25, 0.3) is 5.91 Å². The van der Waals surface area contributed by atoms with Crippen LogP contribution in [0.5, 0.6) is 11.5 Å². The van der Waals surface area contributed by atoms with Crippen molar-refractivity contribution in [2.24, 2.45) is 0 Å². The summed E-state index contributed by atoms with van der Waals surface area (Å²) in [6, 6.07) is 19.7. The monoisotopic (exact) mass is 408 g/mol. The van der Waals surface area contributed by atoms with Gasteiger partial charge >= 0.3 is 0 Å². The van der Waals surface area contributed by atoms with Crippen LogP contribution in [0.15, 0.2) is 71.1 Å². The molecule has 0 radical (unpaired) electrons. The Balaban J connectivity index is 1.47. The third-order valence-corrected chi connectivity index (χ3v) is 4.53. The number of rotatable bonds is 6. The van der Waals surface area contributed by atoms with Crippen molar-refractivity contribution in [3.8, 4) is 23.0 Å². The molecule has 1 N–H and O–H groups in total. The number of methoxy groups -OCH3 is 1. The maximum absolute atomic E-state index is 12.3. The minimum absolute atomic E-state index is 0.153. The first-order valence-electron chi connectivity index (χ1n) is 8.85. The molecule has 0 bridgehead atoms. The van der Waals surface area contributed by atoms with Crippen molar-refractivity contribution < 1.29 is 18.7 Å². The SMILES string of the molecule is COc1ccccc1OCC(=O)Nc1ccc2nc(-c3ccccc3Cl)oc2c1. The third-order valence-electron chi connectivity index (χ3n) is 4.20. The molecule has 4 rings (SSSR count). The number of para-hydroxylation sites is 2. The van der Waals surface area contributed by atoms with Gasteiger partial charge in [0.15, 0.2) is 23.7 Å². The zero-order valence-corrected chi connectivity index (χ0v) is 16.3. The van der Waals surface area contributed by atoms with Gasteiger partial charge in [0, 0.05) is 11.8 Å². The molecule has 0 aliphatic rings. The first-order valence-corrected chi connectivity index (χ1v) is 9.23. The van der Waals surface area contributed by atoms with Crippen LogP contribution in [0.2, 0.25) is 5.02 Å². The summed E-state index contributed by atoms with van der Waals surface area (Å²) in [5.41, 5.74) is 2.50.